The third-order valence-corrected chi connectivity index (χ3v) is 1.41. The Labute approximate surface area is 88.2 Å². The summed E-state index contributed by atoms with van der Waals surface area (Å²) in [5, 5.41) is 0. The molecule has 0 radical (unpaired) electrons. The highest BCUT2D eigenvalue weighted by Crippen LogP contribution is 1.81. The number of hydrogen-bond acceptors (Lipinski definition) is 4. The highest BCUT2D eigenvalue weighted by Gasteiger charge is 1.95. The topological polar surface area (TPSA) is 87.3 Å². The Morgan fingerprint density at radius 2 is 1.14 bits per heavy atom. The molecule has 0 aliphatic carbocycles. The number of hydrogen-bond donors (Lipinski definition) is 3. The number of nitrogens with two attached hydrogens (primary N) is 3. The van der Waals surface area contributed by atoms with Crippen LogP contribution < -0.4 is 17.2 Å². The van der Waals surface area contributed by atoms with Crippen LogP contribution in [-0.4, -0.2) is 31.3 Å². The first kappa shape index (κ1) is 16.3. The first-order chi connectivity index (χ1) is 6.40. The Hall–Kier alpha value is -0.160. The predicted molar refractivity (Wildman–Crippen MR) is 62.1 cm³/mol. The van der Waals surface area contributed by atoms with Crippen molar-refractivity contribution in [3.05, 3.63) is 0 Å². The van der Waals surface area contributed by atoms with E-state index in [0.717, 1.165) is 6.42 Å². The molecular weight excluding hydrogens is 178 g/mol. The van der Waals surface area contributed by atoms with Gasteiger partial charge in [-0.1, -0.05) is 6.92 Å². The van der Waals surface area contributed by atoms with Gasteiger partial charge in [-0.3, -0.25) is 0 Å². The van der Waals surface area contributed by atoms with Gasteiger partial charge in [-0.2, -0.15) is 0 Å². The minimum Gasteiger partial charge on any atom is -0.378 e. The summed E-state index contributed by atoms with van der Waals surface area (Å²) < 4.78 is 5.11. The van der Waals surface area contributed by atoms with E-state index in [4.69, 9.17) is 21.9 Å². The van der Waals surface area contributed by atoms with Crippen molar-refractivity contribution in [1.29, 1.82) is 0 Å². The monoisotopic (exact) mass is 205 g/mol. The van der Waals surface area contributed by atoms with E-state index in [1.807, 2.05) is 20.8 Å². The number of rotatable bonds is 5. The Morgan fingerprint density at radius 1 is 0.857 bits per heavy atom. The maximum absolute atomic E-state index is 5.41. The fourth-order valence-corrected chi connectivity index (χ4v) is 0.440. The van der Waals surface area contributed by atoms with Crippen LogP contribution in [0.3, 0.4) is 0 Å². The summed E-state index contributed by atoms with van der Waals surface area (Å²) in [6.45, 7) is 9.08. The molecule has 0 aliphatic rings. The van der Waals surface area contributed by atoms with E-state index in [9.17, 15) is 0 Å². The lowest BCUT2D eigenvalue weighted by Gasteiger charge is -2.08. The van der Waals surface area contributed by atoms with E-state index in [1.54, 1.807) is 0 Å². The molecule has 4 nitrogen and oxygen atoms in total. The van der Waals surface area contributed by atoms with Crippen LogP contribution in [0.25, 0.3) is 0 Å². The van der Waals surface area contributed by atoms with E-state index in [-0.39, 0.29) is 12.1 Å². The molecule has 0 fully saturated rings. The zero-order chi connectivity index (χ0) is 11.6. The largest absolute Gasteiger partial charge is 0.378 e. The molecule has 88 valence electrons. The van der Waals surface area contributed by atoms with Gasteiger partial charge in [0.25, 0.3) is 0 Å². The van der Waals surface area contributed by atoms with Gasteiger partial charge in [-0.15, -0.1) is 0 Å². The van der Waals surface area contributed by atoms with Crippen molar-refractivity contribution in [3.63, 3.8) is 0 Å². The zero-order valence-electron chi connectivity index (χ0n) is 9.99. The Morgan fingerprint density at radius 3 is 1.29 bits per heavy atom. The molecule has 4 heteroatoms. The van der Waals surface area contributed by atoms with E-state index < -0.39 is 0 Å². The molecule has 0 heterocycles. The van der Waals surface area contributed by atoms with E-state index in [2.05, 4.69) is 6.92 Å². The predicted octanol–water partition coefficient (Wildman–Crippen LogP) is 0.441. The lowest BCUT2D eigenvalue weighted by molar-refractivity contribution is 0.115. The Balaban J connectivity index is 0. The Bertz CT molecular complexity index is 97.5. The summed E-state index contributed by atoms with van der Waals surface area (Å²) in [7, 11) is 0. The van der Waals surface area contributed by atoms with Crippen molar-refractivity contribution in [2.24, 2.45) is 17.2 Å². The van der Waals surface area contributed by atoms with Crippen molar-refractivity contribution in [2.45, 2.75) is 52.2 Å². The molecule has 0 aromatic heterocycles. The molecule has 0 rings (SSSR count). The summed E-state index contributed by atoms with van der Waals surface area (Å²) >= 11 is 0. The van der Waals surface area contributed by atoms with Crippen LogP contribution in [0.15, 0.2) is 0 Å². The van der Waals surface area contributed by atoms with Crippen LogP contribution in [0.4, 0.5) is 0 Å². The van der Waals surface area contributed by atoms with E-state index in [1.165, 1.54) is 0 Å². The molecule has 0 aromatic carbocycles. The van der Waals surface area contributed by atoms with E-state index in [0.29, 0.717) is 19.3 Å². The van der Waals surface area contributed by atoms with Crippen LogP contribution in [0.2, 0.25) is 0 Å². The first-order valence-electron chi connectivity index (χ1n) is 5.24. The molecule has 0 bridgehead atoms. The highest BCUT2D eigenvalue weighted by atomic mass is 16.5. The molecule has 0 aliphatic heterocycles. The minimum atomic E-state index is 0.115. The molecule has 0 spiro atoms. The molecule has 3 atom stereocenters. The SMILES string of the molecule is CC(N)COCC(C)N.CCC(C)N. The summed E-state index contributed by atoms with van der Waals surface area (Å²) in [4.78, 5) is 0. The van der Waals surface area contributed by atoms with Gasteiger partial charge in [-0.05, 0) is 27.2 Å². The Kier molecular flexibility index (Phi) is 12.7. The molecule has 3 unspecified atom stereocenters. The third-order valence-electron chi connectivity index (χ3n) is 1.41. The van der Waals surface area contributed by atoms with Crippen LogP contribution in [0, 0.1) is 0 Å². The van der Waals surface area contributed by atoms with Crippen molar-refractivity contribution in [3.8, 4) is 0 Å². The fraction of sp³-hybridized carbons (Fsp3) is 1.00. The maximum Gasteiger partial charge on any atom is 0.0615 e. The molecule has 0 saturated heterocycles. The van der Waals surface area contributed by atoms with Crippen molar-refractivity contribution in [2.75, 3.05) is 13.2 Å². The second-order valence-electron chi connectivity index (χ2n) is 3.88. The zero-order valence-corrected chi connectivity index (χ0v) is 9.99. The van der Waals surface area contributed by atoms with Gasteiger partial charge in [0.15, 0.2) is 0 Å². The van der Waals surface area contributed by atoms with Crippen LogP contribution in [0.5, 0.6) is 0 Å². The number of ether oxygens (including phenoxy) is 1. The summed E-state index contributed by atoms with van der Waals surface area (Å²) in [6.07, 6.45) is 1.08. The second-order valence-corrected chi connectivity index (χ2v) is 3.88. The van der Waals surface area contributed by atoms with Gasteiger partial charge in [-0.25, -0.2) is 0 Å². The normalized spacial score (nSPS) is 16.5. The molecule has 6 N–H and O–H groups in total. The maximum atomic E-state index is 5.41. The standard InChI is InChI=1S/C6H16N2O.C4H11N/c1-5(7)3-9-4-6(2)8;1-3-4(2)5/h5-6H,3-4,7-8H2,1-2H3;4H,3,5H2,1-2H3. The molecular formula is C10H27N3O. The summed E-state index contributed by atoms with van der Waals surface area (Å²) in [5.41, 5.74) is 16.1. The average molecular weight is 205 g/mol. The summed E-state index contributed by atoms with van der Waals surface area (Å²) in [5.74, 6) is 0. The summed E-state index contributed by atoms with van der Waals surface area (Å²) in [6, 6.07) is 0.613. The fourth-order valence-electron chi connectivity index (χ4n) is 0.440. The van der Waals surface area contributed by atoms with Gasteiger partial charge in [0.1, 0.15) is 0 Å². The third kappa shape index (κ3) is 22.6. The molecule has 14 heavy (non-hydrogen) atoms. The van der Waals surface area contributed by atoms with Gasteiger partial charge in [0.2, 0.25) is 0 Å². The highest BCUT2D eigenvalue weighted by molar-refractivity contribution is 4.52. The van der Waals surface area contributed by atoms with Gasteiger partial charge < -0.3 is 21.9 Å². The van der Waals surface area contributed by atoms with Gasteiger partial charge in [0, 0.05) is 18.1 Å². The second kappa shape index (κ2) is 10.9. The molecule has 0 amide bonds. The molecule has 0 saturated carbocycles. The lowest BCUT2D eigenvalue weighted by Crippen LogP contribution is -2.27. The minimum absolute atomic E-state index is 0.115. The lowest BCUT2D eigenvalue weighted by atomic mass is 10.3. The smallest absolute Gasteiger partial charge is 0.0615 e. The van der Waals surface area contributed by atoms with Crippen molar-refractivity contribution < 1.29 is 4.74 Å². The van der Waals surface area contributed by atoms with Crippen molar-refractivity contribution >= 4 is 0 Å². The first-order valence-corrected chi connectivity index (χ1v) is 5.24. The molecule has 0 aromatic rings. The quantitative estimate of drug-likeness (QED) is 0.608. The van der Waals surface area contributed by atoms with Crippen LogP contribution >= 0.6 is 0 Å². The van der Waals surface area contributed by atoms with E-state index >= 15 is 0 Å². The average Bonchev–Trinajstić information content (AvgIpc) is 2.04. The van der Waals surface area contributed by atoms with Crippen molar-refractivity contribution in [1.82, 2.24) is 0 Å². The van der Waals surface area contributed by atoms with Crippen LogP contribution in [-0.2, 0) is 4.74 Å². The van der Waals surface area contributed by atoms with Crippen LogP contribution in [0.1, 0.15) is 34.1 Å². The van der Waals surface area contributed by atoms with Gasteiger partial charge in [0.05, 0.1) is 13.2 Å². The van der Waals surface area contributed by atoms with Gasteiger partial charge >= 0.3 is 0 Å².